The first-order chi connectivity index (χ1) is 8.01. The van der Waals surface area contributed by atoms with E-state index in [1.54, 1.807) is 0 Å². The van der Waals surface area contributed by atoms with Crippen molar-refractivity contribution in [3.8, 4) is 0 Å². The van der Waals surface area contributed by atoms with Crippen molar-refractivity contribution in [1.29, 1.82) is 0 Å². The van der Waals surface area contributed by atoms with Crippen molar-refractivity contribution in [3.05, 3.63) is 29.1 Å². The lowest BCUT2D eigenvalue weighted by atomic mass is 10.1. The Kier molecular flexibility index (Phi) is 4.47. The third-order valence-electron chi connectivity index (χ3n) is 2.07. The number of rotatable bonds is 5. The Morgan fingerprint density at radius 1 is 1.29 bits per heavy atom. The van der Waals surface area contributed by atoms with Crippen LogP contribution in [-0.2, 0) is 9.47 Å². The summed E-state index contributed by atoms with van der Waals surface area (Å²) in [6, 6.07) is 2.37. The zero-order chi connectivity index (χ0) is 13.0. The Morgan fingerprint density at radius 3 is 2.35 bits per heavy atom. The first-order valence-electron chi connectivity index (χ1n) is 4.65. The van der Waals surface area contributed by atoms with Gasteiger partial charge in [-0.15, -0.1) is 0 Å². The van der Waals surface area contributed by atoms with Crippen molar-refractivity contribution in [1.82, 2.24) is 4.98 Å². The molecule has 0 fully saturated rings. The smallest absolute Gasteiger partial charge is 0.250 e. The molecule has 0 aliphatic carbocycles. The molecule has 0 aromatic carbocycles. The quantitative estimate of drug-likeness (QED) is 0.852. The highest BCUT2D eigenvalue weighted by atomic mass is 19.1. The Bertz CT molecular complexity index is 415. The van der Waals surface area contributed by atoms with E-state index in [2.05, 4.69) is 14.5 Å². The van der Waals surface area contributed by atoms with Crippen molar-refractivity contribution in [2.75, 3.05) is 14.2 Å². The summed E-state index contributed by atoms with van der Waals surface area (Å²) < 4.78 is 35.3. The number of primary amides is 1. The molecule has 2 N–H and O–H groups in total. The minimum absolute atomic E-state index is 0.160. The van der Waals surface area contributed by atoms with Gasteiger partial charge in [0, 0.05) is 14.2 Å². The van der Waals surface area contributed by atoms with Crippen LogP contribution in [0.15, 0.2) is 12.1 Å². The number of halogens is 2. The fourth-order valence-corrected chi connectivity index (χ4v) is 1.23. The SMILES string of the molecule is COC(F)c1ccc(C(N)=O)c(C(F)OC)n1. The number of carbonyl (C=O) groups is 1. The molecule has 1 heterocycles. The zero-order valence-electron chi connectivity index (χ0n) is 9.31. The number of ether oxygens (including phenoxy) is 2. The van der Waals surface area contributed by atoms with Crippen LogP contribution >= 0.6 is 0 Å². The maximum Gasteiger partial charge on any atom is 0.250 e. The number of nitrogens with zero attached hydrogens (tertiary/aromatic N) is 1. The Morgan fingerprint density at radius 2 is 1.88 bits per heavy atom. The lowest BCUT2D eigenvalue weighted by molar-refractivity contribution is -0.0187. The van der Waals surface area contributed by atoms with Crippen molar-refractivity contribution in [3.63, 3.8) is 0 Å². The van der Waals surface area contributed by atoms with Gasteiger partial charge in [0.2, 0.25) is 12.7 Å². The Balaban J connectivity index is 3.23. The molecule has 2 atom stereocenters. The molecule has 0 aliphatic heterocycles. The van der Waals surface area contributed by atoms with E-state index in [9.17, 15) is 13.6 Å². The van der Waals surface area contributed by atoms with Crippen LogP contribution in [0.2, 0.25) is 0 Å². The van der Waals surface area contributed by atoms with Crippen molar-refractivity contribution < 1.29 is 23.0 Å². The van der Waals surface area contributed by atoms with E-state index in [1.807, 2.05) is 0 Å². The van der Waals surface area contributed by atoms with E-state index in [4.69, 9.17) is 5.73 Å². The van der Waals surface area contributed by atoms with E-state index < -0.39 is 18.6 Å². The summed E-state index contributed by atoms with van der Waals surface area (Å²) in [4.78, 5) is 14.7. The summed E-state index contributed by atoms with van der Waals surface area (Å²) in [7, 11) is 2.23. The molecule has 0 saturated heterocycles. The predicted molar refractivity (Wildman–Crippen MR) is 54.5 cm³/mol. The van der Waals surface area contributed by atoms with Crippen LogP contribution in [0.3, 0.4) is 0 Å². The summed E-state index contributed by atoms with van der Waals surface area (Å²) in [5.74, 6) is -0.869. The summed E-state index contributed by atoms with van der Waals surface area (Å²) in [5, 5.41) is 0. The van der Waals surface area contributed by atoms with Gasteiger partial charge in [0.1, 0.15) is 11.4 Å². The number of aromatic nitrogens is 1. The fraction of sp³-hybridized carbons (Fsp3) is 0.400. The Hall–Kier alpha value is -1.60. The second-order valence-electron chi connectivity index (χ2n) is 3.14. The summed E-state index contributed by atoms with van der Waals surface area (Å²) in [6.07, 6.45) is -3.76. The van der Waals surface area contributed by atoms with Gasteiger partial charge in [-0.3, -0.25) is 4.79 Å². The molecule has 94 valence electrons. The topological polar surface area (TPSA) is 74.4 Å². The third kappa shape index (κ3) is 2.95. The molecule has 1 aromatic heterocycles. The van der Waals surface area contributed by atoms with Gasteiger partial charge in [-0.25, -0.2) is 13.8 Å². The number of nitrogens with two attached hydrogens (primary N) is 1. The zero-order valence-corrected chi connectivity index (χ0v) is 9.31. The molecule has 17 heavy (non-hydrogen) atoms. The molecule has 1 amide bonds. The van der Waals surface area contributed by atoms with E-state index in [-0.39, 0.29) is 17.0 Å². The largest absolute Gasteiger partial charge is 0.366 e. The van der Waals surface area contributed by atoms with Gasteiger partial charge in [0.25, 0.3) is 5.91 Å². The Labute approximate surface area is 96.5 Å². The van der Waals surface area contributed by atoms with Crippen LogP contribution in [0.1, 0.15) is 34.5 Å². The number of pyridine rings is 1. The third-order valence-corrected chi connectivity index (χ3v) is 2.07. The summed E-state index contributed by atoms with van der Waals surface area (Å²) in [5.41, 5.74) is 4.36. The standard InChI is InChI=1S/C10H12F2N2O3/c1-16-8(11)6-4-3-5(10(13)15)7(14-6)9(12)17-2/h3-4,8-9H,1-2H3,(H2,13,15). The van der Waals surface area contributed by atoms with Crippen LogP contribution in [0, 0.1) is 0 Å². The van der Waals surface area contributed by atoms with E-state index in [0.29, 0.717) is 0 Å². The highest BCUT2D eigenvalue weighted by Crippen LogP contribution is 2.24. The van der Waals surface area contributed by atoms with Gasteiger partial charge in [0.15, 0.2) is 0 Å². The molecule has 0 bridgehead atoms. The molecular formula is C10H12F2N2O3. The highest BCUT2D eigenvalue weighted by molar-refractivity contribution is 5.93. The highest BCUT2D eigenvalue weighted by Gasteiger charge is 2.21. The minimum Gasteiger partial charge on any atom is -0.366 e. The van der Waals surface area contributed by atoms with E-state index in [0.717, 1.165) is 14.2 Å². The molecule has 1 rings (SSSR count). The normalized spacial score (nSPS) is 14.4. The number of methoxy groups -OCH3 is 2. The molecule has 2 unspecified atom stereocenters. The molecule has 1 aromatic rings. The first-order valence-corrected chi connectivity index (χ1v) is 4.65. The predicted octanol–water partition coefficient (Wildman–Crippen LogP) is 1.41. The lowest BCUT2D eigenvalue weighted by Gasteiger charge is -2.12. The van der Waals surface area contributed by atoms with Crippen molar-refractivity contribution in [2.45, 2.75) is 12.7 Å². The lowest BCUT2D eigenvalue weighted by Crippen LogP contribution is -2.17. The van der Waals surface area contributed by atoms with E-state index >= 15 is 0 Å². The van der Waals surface area contributed by atoms with Gasteiger partial charge < -0.3 is 15.2 Å². The second-order valence-corrected chi connectivity index (χ2v) is 3.14. The maximum absolute atomic E-state index is 13.4. The van der Waals surface area contributed by atoms with Crippen LogP contribution in [0.4, 0.5) is 8.78 Å². The van der Waals surface area contributed by atoms with Crippen LogP contribution in [0.25, 0.3) is 0 Å². The fourth-order valence-electron chi connectivity index (χ4n) is 1.23. The molecule has 0 saturated carbocycles. The van der Waals surface area contributed by atoms with Gasteiger partial charge in [-0.1, -0.05) is 0 Å². The molecular weight excluding hydrogens is 234 g/mol. The maximum atomic E-state index is 13.4. The first kappa shape index (κ1) is 13.5. The molecule has 0 radical (unpaired) electrons. The monoisotopic (exact) mass is 246 g/mol. The average molecular weight is 246 g/mol. The summed E-state index contributed by atoms with van der Waals surface area (Å²) >= 11 is 0. The van der Waals surface area contributed by atoms with Gasteiger partial charge in [-0.05, 0) is 12.1 Å². The van der Waals surface area contributed by atoms with E-state index in [1.165, 1.54) is 12.1 Å². The van der Waals surface area contributed by atoms with Crippen LogP contribution < -0.4 is 5.73 Å². The number of amides is 1. The minimum atomic E-state index is -1.96. The molecule has 7 heteroatoms. The van der Waals surface area contributed by atoms with Crippen LogP contribution in [-0.4, -0.2) is 25.1 Å². The number of alkyl halides is 2. The second kappa shape index (κ2) is 5.65. The van der Waals surface area contributed by atoms with Gasteiger partial charge in [-0.2, -0.15) is 0 Å². The number of hydrogen-bond donors (Lipinski definition) is 1. The number of hydrogen-bond acceptors (Lipinski definition) is 4. The molecule has 0 spiro atoms. The van der Waals surface area contributed by atoms with Crippen molar-refractivity contribution >= 4 is 5.91 Å². The van der Waals surface area contributed by atoms with Gasteiger partial charge in [0.05, 0.1) is 5.56 Å². The van der Waals surface area contributed by atoms with Crippen LogP contribution in [0.5, 0.6) is 0 Å². The summed E-state index contributed by atoms with van der Waals surface area (Å²) in [6.45, 7) is 0. The molecule has 5 nitrogen and oxygen atoms in total. The average Bonchev–Trinajstić information content (AvgIpc) is 2.35. The van der Waals surface area contributed by atoms with Gasteiger partial charge >= 0.3 is 0 Å². The van der Waals surface area contributed by atoms with Crippen molar-refractivity contribution in [2.24, 2.45) is 5.73 Å². The molecule has 0 aliphatic rings. The number of carbonyl (C=O) groups excluding carboxylic acids is 1.